The summed E-state index contributed by atoms with van der Waals surface area (Å²) in [6.45, 7) is 7.56. The quantitative estimate of drug-likeness (QED) is 0.669. The van der Waals surface area contributed by atoms with Crippen LogP contribution in [-0.4, -0.2) is 19.1 Å². The lowest BCUT2D eigenvalue weighted by Gasteiger charge is -2.28. The summed E-state index contributed by atoms with van der Waals surface area (Å²) in [7, 11) is 0. The molecule has 1 aliphatic rings. The molecular formula is C17H27ClN2. The highest BCUT2D eigenvalue weighted by atomic mass is 35.5. The van der Waals surface area contributed by atoms with Crippen LogP contribution in [0.2, 0.25) is 5.02 Å². The molecule has 1 fully saturated rings. The molecule has 1 aromatic rings. The summed E-state index contributed by atoms with van der Waals surface area (Å²) in [5.41, 5.74) is 2.61. The third-order valence-corrected chi connectivity index (χ3v) is 4.14. The molecule has 1 aromatic carbocycles. The number of unbranched alkanes of at least 4 members (excludes halogenated alkanes) is 1. The van der Waals surface area contributed by atoms with Crippen molar-refractivity contribution in [1.82, 2.24) is 5.32 Å². The molecule has 1 aliphatic carbocycles. The van der Waals surface area contributed by atoms with E-state index in [1.165, 1.54) is 36.9 Å². The van der Waals surface area contributed by atoms with Gasteiger partial charge >= 0.3 is 0 Å². The molecule has 0 heterocycles. The summed E-state index contributed by atoms with van der Waals surface area (Å²) in [4.78, 5) is 2.55. The van der Waals surface area contributed by atoms with Crippen molar-refractivity contribution >= 4 is 17.3 Å². The molecule has 0 spiro atoms. The predicted octanol–water partition coefficient (Wildman–Crippen LogP) is 4.61. The van der Waals surface area contributed by atoms with Gasteiger partial charge in [-0.1, -0.05) is 44.0 Å². The van der Waals surface area contributed by atoms with E-state index in [9.17, 15) is 0 Å². The van der Waals surface area contributed by atoms with Gasteiger partial charge in [-0.05, 0) is 43.9 Å². The minimum atomic E-state index is 0.714. The first-order valence-electron chi connectivity index (χ1n) is 8.02. The molecule has 0 amide bonds. The van der Waals surface area contributed by atoms with Gasteiger partial charge in [0, 0.05) is 19.1 Å². The maximum Gasteiger partial charge on any atom is 0.0643 e. The van der Waals surface area contributed by atoms with E-state index in [0.29, 0.717) is 6.04 Å². The Hall–Kier alpha value is -0.730. The van der Waals surface area contributed by atoms with Crippen molar-refractivity contribution in [3.63, 3.8) is 0 Å². The summed E-state index contributed by atoms with van der Waals surface area (Å²) >= 11 is 6.52. The highest BCUT2D eigenvalue weighted by Crippen LogP contribution is 2.38. The van der Waals surface area contributed by atoms with Gasteiger partial charge in [-0.2, -0.15) is 0 Å². The predicted molar refractivity (Wildman–Crippen MR) is 88.7 cm³/mol. The van der Waals surface area contributed by atoms with Gasteiger partial charge in [0.15, 0.2) is 0 Å². The van der Waals surface area contributed by atoms with Crippen LogP contribution in [0.3, 0.4) is 0 Å². The lowest BCUT2D eigenvalue weighted by atomic mass is 10.1. The van der Waals surface area contributed by atoms with E-state index in [1.807, 2.05) is 6.07 Å². The van der Waals surface area contributed by atoms with Crippen LogP contribution in [0, 0.1) is 0 Å². The van der Waals surface area contributed by atoms with Crippen LogP contribution in [0.25, 0.3) is 0 Å². The van der Waals surface area contributed by atoms with E-state index in [4.69, 9.17) is 11.6 Å². The Kier molecular flexibility index (Phi) is 6.18. The Morgan fingerprint density at radius 1 is 1.25 bits per heavy atom. The van der Waals surface area contributed by atoms with Crippen LogP contribution in [0.1, 0.15) is 51.5 Å². The minimum Gasteiger partial charge on any atom is -0.367 e. The second kappa shape index (κ2) is 7.90. The van der Waals surface area contributed by atoms with Crippen molar-refractivity contribution in [2.24, 2.45) is 0 Å². The molecule has 20 heavy (non-hydrogen) atoms. The van der Waals surface area contributed by atoms with Gasteiger partial charge in [0.1, 0.15) is 0 Å². The normalized spacial score (nSPS) is 14.6. The molecule has 1 N–H and O–H groups in total. The number of anilines is 1. The van der Waals surface area contributed by atoms with Crippen molar-refractivity contribution in [2.45, 2.75) is 58.5 Å². The van der Waals surface area contributed by atoms with E-state index in [2.05, 4.69) is 36.2 Å². The average molecular weight is 295 g/mol. The number of hydrogen-bond acceptors (Lipinski definition) is 2. The Morgan fingerprint density at radius 3 is 2.70 bits per heavy atom. The molecule has 0 saturated heterocycles. The van der Waals surface area contributed by atoms with Gasteiger partial charge in [-0.3, -0.25) is 0 Å². The molecule has 2 nitrogen and oxygen atoms in total. The molecule has 0 bridgehead atoms. The van der Waals surface area contributed by atoms with Gasteiger partial charge in [0.25, 0.3) is 0 Å². The van der Waals surface area contributed by atoms with E-state index < -0.39 is 0 Å². The van der Waals surface area contributed by atoms with Crippen LogP contribution in [-0.2, 0) is 6.54 Å². The molecule has 0 unspecified atom stereocenters. The minimum absolute atomic E-state index is 0.714. The van der Waals surface area contributed by atoms with Crippen molar-refractivity contribution in [3.8, 4) is 0 Å². The summed E-state index contributed by atoms with van der Waals surface area (Å²) in [5, 5.41) is 4.41. The fraction of sp³-hybridized carbons (Fsp3) is 0.647. The van der Waals surface area contributed by atoms with E-state index >= 15 is 0 Å². The molecule has 0 aliphatic heterocycles. The first kappa shape index (κ1) is 15.7. The van der Waals surface area contributed by atoms with Gasteiger partial charge < -0.3 is 10.2 Å². The number of benzene rings is 1. The van der Waals surface area contributed by atoms with Gasteiger partial charge in [0.2, 0.25) is 0 Å². The smallest absolute Gasteiger partial charge is 0.0643 e. The maximum atomic E-state index is 6.52. The topological polar surface area (TPSA) is 15.3 Å². The SMILES string of the molecule is CCCCN(c1c(Cl)cccc1CNCCC)C1CC1. The molecular weight excluding hydrogens is 268 g/mol. The molecule has 3 heteroatoms. The number of nitrogens with zero attached hydrogens (tertiary/aromatic N) is 1. The van der Waals surface area contributed by atoms with Crippen LogP contribution < -0.4 is 10.2 Å². The molecule has 0 aromatic heterocycles. The molecule has 112 valence electrons. The number of rotatable bonds is 9. The lowest BCUT2D eigenvalue weighted by molar-refractivity contribution is 0.665. The zero-order chi connectivity index (χ0) is 14.4. The number of halogens is 1. The molecule has 1 saturated carbocycles. The fourth-order valence-corrected chi connectivity index (χ4v) is 2.92. The van der Waals surface area contributed by atoms with E-state index in [-0.39, 0.29) is 0 Å². The number of nitrogens with one attached hydrogen (secondary N) is 1. The standard InChI is InChI=1S/C17H27ClN2/c1-3-5-12-20(15-9-10-15)17-14(13-19-11-4-2)7-6-8-16(17)18/h6-8,15,19H,3-5,9-13H2,1-2H3. The third-order valence-electron chi connectivity index (χ3n) is 3.84. The molecule has 0 atom stereocenters. The van der Waals surface area contributed by atoms with Crippen molar-refractivity contribution in [3.05, 3.63) is 28.8 Å². The van der Waals surface area contributed by atoms with Crippen molar-refractivity contribution < 1.29 is 0 Å². The third kappa shape index (κ3) is 4.13. The van der Waals surface area contributed by atoms with Crippen molar-refractivity contribution in [2.75, 3.05) is 18.0 Å². The number of hydrogen-bond donors (Lipinski definition) is 1. The summed E-state index contributed by atoms with van der Waals surface area (Å²) < 4.78 is 0. The summed E-state index contributed by atoms with van der Waals surface area (Å²) in [6.07, 6.45) is 6.27. The largest absolute Gasteiger partial charge is 0.367 e. The summed E-state index contributed by atoms with van der Waals surface area (Å²) in [6, 6.07) is 7.03. The zero-order valence-electron chi connectivity index (χ0n) is 12.8. The zero-order valence-corrected chi connectivity index (χ0v) is 13.5. The highest BCUT2D eigenvalue weighted by molar-refractivity contribution is 6.33. The number of para-hydroxylation sites is 1. The first-order chi connectivity index (χ1) is 9.77. The van der Waals surface area contributed by atoms with E-state index in [0.717, 1.165) is 31.1 Å². The van der Waals surface area contributed by atoms with Crippen molar-refractivity contribution in [1.29, 1.82) is 0 Å². The highest BCUT2D eigenvalue weighted by Gasteiger charge is 2.31. The van der Waals surface area contributed by atoms with Gasteiger partial charge in [-0.25, -0.2) is 0 Å². The second-order valence-corrected chi connectivity index (χ2v) is 6.11. The van der Waals surface area contributed by atoms with Crippen LogP contribution in [0.4, 0.5) is 5.69 Å². The summed E-state index contributed by atoms with van der Waals surface area (Å²) in [5.74, 6) is 0. The van der Waals surface area contributed by atoms with Crippen LogP contribution in [0.15, 0.2) is 18.2 Å². The lowest BCUT2D eigenvalue weighted by Crippen LogP contribution is -2.29. The Labute approximate surface area is 128 Å². The fourth-order valence-electron chi connectivity index (χ4n) is 2.62. The Bertz CT molecular complexity index is 415. The van der Waals surface area contributed by atoms with Crippen LogP contribution >= 0.6 is 11.6 Å². The molecule has 0 radical (unpaired) electrons. The van der Waals surface area contributed by atoms with E-state index in [1.54, 1.807) is 0 Å². The Balaban J connectivity index is 2.17. The van der Waals surface area contributed by atoms with Gasteiger partial charge in [0.05, 0.1) is 10.7 Å². The first-order valence-corrected chi connectivity index (χ1v) is 8.40. The second-order valence-electron chi connectivity index (χ2n) is 5.70. The Morgan fingerprint density at radius 2 is 2.05 bits per heavy atom. The van der Waals surface area contributed by atoms with Crippen LogP contribution in [0.5, 0.6) is 0 Å². The molecule has 2 rings (SSSR count). The maximum absolute atomic E-state index is 6.52. The average Bonchev–Trinajstić information content (AvgIpc) is 3.26. The monoisotopic (exact) mass is 294 g/mol. The van der Waals surface area contributed by atoms with Gasteiger partial charge in [-0.15, -0.1) is 0 Å².